The first-order valence-electron chi connectivity index (χ1n) is 11.7. The molecule has 0 radical (unpaired) electrons. The largest absolute Gasteiger partial charge is 0.573 e. The lowest BCUT2D eigenvalue weighted by Crippen LogP contribution is -2.45. The van der Waals surface area contributed by atoms with Gasteiger partial charge in [-0.2, -0.15) is 5.53 Å². The lowest BCUT2D eigenvalue weighted by molar-refractivity contribution is -0.274. The monoisotopic (exact) mass is 501 g/mol. The van der Waals surface area contributed by atoms with Crippen LogP contribution in [0.25, 0.3) is 0 Å². The molecule has 0 spiro atoms. The number of likely N-dealkylation sites (tertiary alicyclic amines) is 2. The van der Waals surface area contributed by atoms with Crippen LogP contribution in [0.4, 0.5) is 22.4 Å². The van der Waals surface area contributed by atoms with Gasteiger partial charge in [-0.15, -0.1) is 13.2 Å². The number of nitrogens with zero attached hydrogens (tertiary/aromatic N) is 2. The van der Waals surface area contributed by atoms with Crippen LogP contribution in [-0.2, 0) is 16.1 Å². The van der Waals surface area contributed by atoms with Gasteiger partial charge in [-0.05, 0) is 31.4 Å². The Bertz CT molecular complexity index is 966. The molecule has 1 aromatic carbocycles. The summed E-state index contributed by atoms with van der Waals surface area (Å²) >= 11 is 0. The Hall–Kier alpha value is -2.64. The van der Waals surface area contributed by atoms with E-state index >= 15 is 0 Å². The first kappa shape index (κ1) is 24.1. The third kappa shape index (κ3) is 5.31. The number of amides is 2. The second kappa shape index (κ2) is 9.43. The second-order valence-corrected chi connectivity index (χ2v) is 9.66. The molecule has 0 bridgehead atoms. The molecule has 13 heteroatoms. The van der Waals surface area contributed by atoms with Crippen LogP contribution in [0.5, 0.6) is 5.75 Å². The standard InChI is InChI=1S/C22H27F4N5O4/c23-17-6-16(35-22(24,25)26)3-1-13(17)11-34-21(33)31-9-14-7-30(8-15(14)10-31)20(32)12-2-4-18-19(5-12)28-29-27-18/h1,3,6,12,14-15,18-19,27-29H,2,4-5,7-11H2/t12-,14+,15+,18?,19?/m1/s1. The summed E-state index contributed by atoms with van der Waals surface area (Å²) in [6, 6.07) is 3.24. The maximum atomic E-state index is 14.1. The number of nitrogens with one attached hydrogen (secondary N) is 3. The maximum absolute atomic E-state index is 14.1. The molecule has 1 aromatic rings. The fourth-order valence-electron chi connectivity index (χ4n) is 5.61. The molecule has 192 valence electrons. The third-order valence-corrected chi connectivity index (χ3v) is 7.38. The zero-order chi connectivity index (χ0) is 24.7. The number of benzene rings is 1. The average Bonchev–Trinajstić information content (AvgIpc) is 3.51. The molecule has 2 amide bonds. The fourth-order valence-corrected chi connectivity index (χ4v) is 5.61. The first-order valence-corrected chi connectivity index (χ1v) is 11.7. The molecule has 3 heterocycles. The van der Waals surface area contributed by atoms with E-state index in [4.69, 9.17) is 4.74 Å². The molecule has 4 fully saturated rings. The molecule has 3 aliphatic heterocycles. The summed E-state index contributed by atoms with van der Waals surface area (Å²) < 4.78 is 59.7. The van der Waals surface area contributed by atoms with Gasteiger partial charge in [-0.3, -0.25) is 4.79 Å². The summed E-state index contributed by atoms with van der Waals surface area (Å²) in [5.74, 6) is -1.15. The molecular formula is C22H27F4N5O4. The Morgan fingerprint density at radius 2 is 1.69 bits per heavy atom. The summed E-state index contributed by atoms with van der Waals surface area (Å²) in [7, 11) is 0. The Morgan fingerprint density at radius 1 is 1.00 bits per heavy atom. The van der Waals surface area contributed by atoms with Crippen LogP contribution in [0, 0.1) is 23.6 Å². The van der Waals surface area contributed by atoms with Crippen molar-refractivity contribution in [2.24, 2.45) is 17.8 Å². The number of rotatable bonds is 4. The summed E-state index contributed by atoms with van der Waals surface area (Å²) in [6.45, 7) is 1.67. The average molecular weight is 501 g/mol. The quantitative estimate of drug-likeness (QED) is 0.543. The molecule has 2 unspecified atom stereocenters. The number of carbonyl (C=O) groups excluding carboxylic acids is 2. The van der Waals surface area contributed by atoms with Crippen molar-refractivity contribution in [3.8, 4) is 5.75 Å². The molecule has 5 rings (SSSR count). The van der Waals surface area contributed by atoms with Gasteiger partial charge >= 0.3 is 12.5 Å². The molecule has 35 heavy (non-hydrogen) atoms. The van der Waals surface area contributed by atoms with Crippen molar-refractivity contribution in [1.82, 2.24) is 26.2 Å². The minimum atomic E-state index is -4.92. The highest BCUT2D eigenvalue weighted by Crippen LogP contribution is 2.35. The third-order valence-electron chi connectivity index (χ3n) is 7.38. The van der Waals surface area contributed by atoms with E-state index in [2.05, 4.69) is 21.1 Å². The number of fused-ring (bicyclic) bond motifs is 2. The van der Waals surface area contributed by atoms with Crippen LogP contribution in [-0.4, -0.2) is 66.4 Å². The van der Waals surface area contributed by atoms with Crippen molar-refractivity contribution in [2.45, 2.75) is 44.3 Å². The van der Waals surface area contributed by atoms with Gasteiger partial charge in [0.15, 0.2) is 0 Å². The highest BCUT2D eigenvalue weighted by atomic mass is 19.4. The highest BCUT2D eigenvalue weighted by Gasteiger charge is 2.46. The number of halogens is 4. The number of hydrogen-bond acceptors (Lipinski definition) is 7. The summed E-state index contributed by atoms with van der Waals surface area (Å²) in [5, 5.41) is 0. The summed E-state index contributed by atoms with van der Waals surface area (Å²) in [5.41, 5.74) is 9.21. The van der Waals surface area contributed by atoms with Crippen LogP contribution in [0.2, 0.25) is 0 Å². The van der Waals surface area contributed by atoms with E-state index in [0.29, 0.717) is 38.3 Å². The van der Waals surface area contributed by atoms with Crippen LogP contribution in [0.1, 0.15) is 24.8 Å². The van der Waals surface area contributed by atoms with E-state index in [0.717, 1.165) is 31.4 Å². The van der Waals surface area contributed by atoms with Gasteiger partial charge in [0.1, 0.15) is 18.2 Å². The van der Waals surface area contributed by atoms with Crippen molar-refractivity contribution >= 4 is 12.0 Å². The number of hydrazine groups is 2. The molecule has 4 aliphatic rings. The van der Waals surface area contributed by atoms with Gasteiger partial charge in [0.2, 0.25) is 5.91 Å². The van der Waals surface area contributed by atoms with E-state index < -0.39 is 30.6 Å². The molecule has 9 nitrogen and oxygen atoms in total. The number of hydrogen-bond donors (Lipinski definition) is 3. The smallest absolute Gasteiger partial charge is 0.444 e. The predicted octanol–water partition coefficient (Wildman–Crippen LogP) is 1.90. The topological polar surface area (TPSA) is 95.2 Å². The zero-order valence-electron chi connectivity index (χ0n) is 18.8. The lowest BCUT2D eigenvalue weighted by atomic mass is 9.82. The van der Waals surface area contributed by atoms with Crippen molar-refractivity contribution < 1.29 is 36.6 Å². The van der Waals surface area contributed by atoms with Crippen molar-refractivity contribution in [1.29, 1.82) is 0 Å². The summed E-state index contributed by atoms with van der Waals surface area (Å²) in [4.78, 5) is 29.0. The fraction of sp³-hybridized carbons (Fsp3) is 0.636. The van der Waals surface area contributed by atoms with Gasteiger partial charge in [-0.1, -0.05) is 0 Å². The normalized spacial score (nSPS) is 30.2. The number of ether oxygens (including phenoxy) is 2. The SMILES string of the molecule is O=C(OCc1ccc(OC(F)(F)F)cc1F)N1C[C@@H]2CN(C(=O)[C@@H]3CCC4NNNC4C3)C[C@H]2C1. The Labute approximate surface area is 199 Å². The van der Waals surface area contributed by atoms with Gasteiger partial charge in [0.05, 0.1) is 0 Å². The lowest BCUT2D eigenvalue weighted by Gasteiger charge is -2.32. The molecular weight excluding hydrogens is 474 g/mol. The minimum absolute atomic E-state index is 0.00633. The molecule has 1 aliphatic carbocycles. The molecule has 0 aromatic heterocycles. The molecule has 3 N–H and O–H groups in total. The molecule has 3 saturated heterocycles. The van der Waals surface area contributed by atoms with E-state index in [9.17, 15) is 27.2 Å². The van der Waals surface area contributed by atoms with Crippen LogP contribution in [0.3, 0.4) is 0 Å². The van der Waals surface area contributed by atoms with Gasteiger partial charge < -0.3 is 19.3 Å². The van der Waals surface area contributed by atoms with Crippen molar-refractivity contribution in [3.05, 3.63) is 29.6 Å². The van der Waals surface area contributed by atoms with E-state index in [1.54, 1.807) is 4.90 Å². The van der Waals surface area contributed by atoms with E-state index in [1.165, 1.54) is 0 Å². The zero-order valence-corrected chi connectivity index (χ0v) is 18.8. The Morgan fingerprint density at radius 3 is 2.37 bits per heavy atom. The second-order valence-electron chi connectivity index (χ2n) is 9.66. The van der Waals surface area contributed by atoms with Crippen LogP contribution in [0.15, 0.2) is 18.2 Å². The molecule has 1 saturated carbocycles. The first-order chi connectivity index (χ1) is 16.7. The Balaban J connectivity index is 1.08. The number of carbonyl (C=O) groups is 2. The van der Waals surface area contributed by atoms with Gasteiger partial charge in [0, 0.05) is 67.6 Å². The minimum Gasteiger partial charge on any atom is -0.444 e. The number of alkyl halides is 3. The van der Waals surface area contributed by atoms with Gasteiger partial charge in [0.25, 0.3) is 0 Å². The van der Waals surface area contributed by atoms with Gasteiger partial charge in [-0.25, -0.2) is 20.0 Å². The van der Waals surface area contributed by atoms with Crippen LogP contribution < -0.4 is 21.1 Å². The maximum Gasteiger partial charge on any atom is 0.573 e. The Kier molecular flexibility index (Phi) is 6.49. The van der Waals surface area contributed by atoms with Crippen LogP contribution >= 0.6 is 0 Å². The van der Waals surface area contributed by atoms with E-state index in [1.807, 2.05) is 4.90 Å². The molecule has 5 atom stereocenters. The van der Waals surface area contributed by atoms with Crippen molar-refractivity contribution in [2.75, 3.05) is 26.2 Å². The predicted molar refractivity (Wildman–Crippen MR) is 113 cm³/mol. The highest BCUT2D eigenvalue weighted by molar-refractivity contribution is 5.79. The summed E-state index contributed by atoms with van der Waals surface area (Å²) in [6.07, 6.45) is -2.97. The van der Waals surface area contributed by atoms with Crippen molar-refractivity contribution in [3.63, 3.8) is 0 Å². The van der Waals surface area contributed by atoms with E-state index in [-0.39, 0.29) is 35.3 Å².